The lowest BCUT2D eigenvalue weighted by molar-refractivity contribution is -0.138. The van der Waals surface area contributed by atoms with Gasteiger partial charge in [0.2, 0.25) is 0 Å². The first kappa shape index (κ1) is 14.0. The molecular formula is C12H16ClN3O3. The van der Waals surface area contributed by atoms with Gasteiger partial charge in [0.15, 0.2) is 11.0 Å². The van der Waals surface area contributed by atoms with Gasteiger partial charge in [0, 0.05) is 13.1 Å². The maximum atomic E-state index is 10.4. The summed E-state index contributed by atoms with van der Waals surface area (Å²) in [6.07, 6.45) is 1.92. The number of carbonyl (C=O) groups is 1. The molecule has 1 aromatic rings. The number of anilines is 1. The molecule has 1 aliphatic heterocycles. The number of aliphatic carboxylic acids is 1. The van der Waals surface area contributed by atoms with E-state index in [9.17, 15) is 4.79 Å². The zero-order chi connectivity index (χ0) is 13.7. The highest BCUT2D eigenvalue weighted by Gasteiger charge is 2.20. The Morgan fingerprint density at radius 1 is 1.42 bits per heavy atom. The Hall–Kier alpha value is -1.40. The van der Waals surface area contributed by atoms with Crippen molar-refractivity contribution >= 4 is 23.4 Å². The molecule has 6 nitrogen and oxygen atoms in total. The predicted octanol–water partition coefficient (Wildman–Crippen LogP) is 1.59. The second-order valence-corrected chi connectivity index (χ2v) is 4.80. The molecule has 0 unspecified atom stereocenters. The number of piperidine rings is 1. The molecule has 1 aromatic heterocycles. The van der Waals surface area contributed by atoms with Gasteiger partial charge in [0.1, 0.15) is 0 Å². The first-order valence-electron chi connectivity index (χ1n) is 6.23. The van der Waals surface area contributed by atoms with Crippen LogP contribution in [-0.2, 0) is 9.53 Å². The molecule has 1 fully saturated rings. The number of carboxylic acid groups (broad SMARTS) is 1. The van der Waals surface area contributed by atoms with Crippen LogP contribution in [0.3, 0.4) is 0 Å². The standard InChI is InChI=1S/C12H16ClN3O3/c13-10-1-2-11(15-14-10)16-6-3-9(4-7-16)19-8-5-12(17)18/h1-2,9H,3-8H2,(H,17,18). The van der Waals surface area contributed by atoms with Crippen molar-refractivity contribution in [3.05, 3.63) is 17.3 Å². The molecule has 1 aliphatic rings. The number of nitrogens with zero attached hydrogens (tertiary/aromatic N) is 3. The van der Waals surface area contributed by atoms with Gasteiger partial charge in [-0.1, -0.05) is 11.6 Å². The Kier molecular flexibility index (Phi) is 4.93. The van der Waals surface area contributed by atoms with E-state index in [0.717, 1.165) is 31.7 Å². The summed E-state index contributed by atoms with van der Waals surface area (Å²) in [6, 6.07) is 3.57. The summed E-state index contributed by atoms with van der Waals surface area (Å²) in [7, 11) is 0. The Morgan fingerprint density at radius 2 is 2.16 bits per heavy atom. The number of aromatic nitrogens is 2. The van der Waals surface area contributed by atoms with Gasteiger partial charge < -0.3 is 14.7 Å². The smallest absolute Gasteiger partial charge is 0.305 e. The van der Waals surface area contributed by atoms with E-state index in [1.807, 2.05) is 6.07 Å². The van der Waals surface area contributed by atoms with Crippen LogP contribution < -0.4 is 4.90 Å². The van der Waals surface area contributed by atoms with Crippen molar-refractivity contribution in [2.75, 3.05) is 24.6 Å². The monoisotopic (exact) mass is 285 g/mol. The van der Waals surface area contributed by atoms with E-state index in [0.29, 0.717) is 5.15 Å². The molecule has 2 rings (SSSR count). The van der Waals surface area contributed by atoms with E-state index in [1.54, 1.807) is 6.07 Å². The fourth-order valence-corrected chi connectivity index (χ4v) is 2.14. The van der Waals surface area contributed by atoms with E-state index in [4.69, 9.17) is 21.4 Å². The maximum absolute atomic E-state index is 10.4. The van der Waals surface area contributed by atoms with Gasteiger partial charge in [-0.25, -0.2) is 0 Å². The summed E-state index contributed by atoms with van der Waals surface area (Å²) in [5, 5.41) is 16.8. The van der Waals surface area contributed by atoms with Gasteiger partial charge in [0.25, 0.3) is 0 Å². The number of hydrogen-bond acceptors (Lipinski definition) is 5. The van der Waals surface area contributed by atoms with Crippen molar-refractivity contribution in [1.82, 2.24) is 10.2 Å². The fourth-order valence-electron chi connectivity index (χ4n) is 2.04. The molecule has 0 atom stereocenters. The average molecular weight is 286 g/mol. The number of hydrogen-bond donors (Lipinski definition) is 1. The van der Waals surface area contributed by atoms with Gasteiger partial charge in [-0.15, -0.1) is 10.2 Å². The topological polar surface area (TPSA) is 75.6 Å². The summed E-state index contributed by atoms with van der Waals surface area (Å²) in [5.41, 5.74) is 0. The molecule has 1 saturated heterocycles. The zero-order valence-electron chi connectivity index (χ0n) is 10.5. The molecule has 19 heavy (non-hydrogen) atoms. The van der Waals surface area contributed by atoms with Gasteiger partial charge in [-0.05, 0) is 25.0 Å². The molecule has 7 heteroatoms. The Bertz CT molecular complexity index is 419. The third-order valence-electron chi connectivity index (χ3n) is 3.05. The van der Waals surface area contributed by atoms with E-state index in [1.165, 1.54) is 0 Å². The Labute approximate surface area is 116 Å². The van der Waals surface area contributed by atoms with Gasteiger partial charge in [0.05, 0.1) is 19.1 Å². The SMILES string of the molecule is O=C(O)CCOC1CCN(c2ccc(Cl)nn2)CC1. The minimum atomic E-state index is -0.825. The fraction of sp³-hybridized carbons (Fsp3) is 0.583. The minimum Gasteiger partial charge on any atom is -0.481 e. The summed E-state index contributed by atoms with van der Waals surface area (Å²) in [4.78, 5) is 12.5. The highest BCUT2D eigenvalue weighted by atomic mass is 35.5. The number of carboxylic acids is 1. The van der Waals surface area contributed by atoms with E-state index in [-0.39, 0.29) is 19.1 Å². The third-order valence-corrected chi connectivity index (χ3v) is 3.25. The second-order valence-electron chi connectivity index (χ2n) is 4.42. The first-order valence-corrected chi connectivity index (χ1v) is 6.60. The van der Waals surface area contributed by atoms with E-state index < -0.39 is 5.97 Å². The minimum absolute atomic E-state index is 0.0584. The van der Waals surface area contributed by atoms with E-state index >= 15 is 0 Å². The quantitative estimate of drug-likeness (QED) is 0.885. The molecule has 0 aromatic carbocycles. The molecular weight excluding hydrogens is 270 g/mol. The van der Waals surface area contributed by atoms with Crippen molar-refractivity contribution in [3.8, 4) is 0 Å². The highest BCUT2D eigenvalue weighted by Crippen LogP contribution is 2.19. The summed E-state index contributed by atoms with van der Waals surface area (Å²) in [6.45, 7) is 1.93. The van der Waals surface area contributed by atoms with Crippen LogP contribution in [0, 0.1) is 0 Å². The molecule has 0 amide bonds. The lowest BCUT2D eigenvalue weighted by Crippen LogP contribution is -2.37. The van der Waals surface area contributed by atoms with Crippen molar-refractivity contribution in [2.45, 2.75) is 25.4 Å². The van der Waals surface area contributed by atoms with Crippen molar-refractivity contribution in [1.29, 1.82) is 0 Å². The van der Waals surface area contributed by atoms with Gasteiger partial charge >= 0.3 is 5.97 Å². The molecule has 0 spiro atoms. The molecule has 0 aliphatic carbocycles. The summed E-state index contributed by atoms with van der Waals surface area (Å²) in [5.74, 6) is -0.0118. The summed E-state index contributed by atoms with van der Waals surface area (Å²) >= 11 is 5.70. The van der Waals surface area contributed by atoms with Crippen LogP contribution in [0.5, 0.6) is 0 Å². The normalized spacial score (nSPS) is 16.6. The number of ether oxygens (including phenoxy) is 1. The van der Waals surface area contributed by atoms with Crippen molar-refractivity contribution in [3.63, 3.8) is 0 Å². The molecule has 0 radical (unpaired) electrons. The molecule has 1 N–H and O–H groups in total. The third kappa shape index (κ3) is 4.33. The molecule has 2 heterocycles. The van der Waals surface area contributed by atoms with Gasteiger partial charge in [-0.3, -0.25) is 4.79 Å². The van der Waals surface area contributed by atoms with Crippen LogP contribution in [0.4, 0.5) is 5.82 Å². The maximum Gasteiger partial charge on any atom is 0.305 e. The number of halogens is 1. The van der Waals surface area contributed by atoms with Crippen LogP contribution in [0.15, 0.2) is 12.1 Å². The average Bonchev–Trinajstić information content (AvgIpc) is 2.40. The van der Waals surface area contributed by atoms with E-state index in [2.05, 4.69) is 15.1 Å². The Morgan fingerprint density at radius 3 is 2.74 bits per heavy atom. The number of rotatable bonds is 5. The lowest BCUT2D eigenvalue weighted by atomic mass is 10.1. The molecule has 104 valence electrons. The predicted molar refractivity (Wildman–Crippen MR) is 70.5 cm³/mol. The summed E-state index contributed by atoms with van der Waals surface area (Å²) < 4.78 is 5.53. The van der Waals surface area contributed by atoms with Crippen LogP contribution in [0.2, 0.25) is 5.15 Å². The highest BCUT2D eigenvalue weighted by molar-refractivity contribution is 6.29. The zero-order valence-corrected chi connectivity index (χ0v) is 11.2. The van der Waals surface area contributed by atoms with Gasteiger partial charge in [-0.2, -0.15) is 0 Å². The first-order chi connectivity index (χ1) is 9.15. The molecule has 0 bridgehead atoms. The Balaban J connectivity index is 1.76. The van der Waals surface area contributed by atoms with Crippen LogP contribution in [0.1, 0.15) is 19.3 Å². The molecule has 0 saturated carbocycles. The van der Waals surface area contributed by atoms with Crippen LogP contribution in [-0.4, -0.2) is 47.1 Å². The van der Waals surface area contributed by atoms with Crippen LogP contribution >= 0.6 is 11.6 Å². The van der Waals surface area contributed by atoms with Crippen molar-refractivity contribution in [2.24, 2.45) is 0 Å². The lowest BCUT2D eigenvalue weighted by Gasteiger charge is -2.32. The van der Waals surface area contributed by atoms with Crippen molar-refractivity contribution < 1.29 is 14.6 Å². The van der Waals surface area contributed by atoms with Crippen LogP contribution in [0.25, 0.3) is 0 Å². The largest absolute Gasteiger partial charge is 0.481 e. The second kappa shape index (κ2) is 6.68.